The third kappa shape index (κ3) is 5.58. The smallest absolute Gasteiger partial charge is 0.0998 e. The number of aromatic nitrogens is 1. The molecule has 6 aromatic carbocycles. The molecule has 49 heavy (non-hydrogen) atoms. The molecule has 0 radical (unpaired) electrons. The number of rotatable bonds is 4. The van der Waals surface area contributed by atoms with E-state index in [-0.39, 0.29) is 10.8 Å². The Labute approximate surface area is 289 Å². The minimum absolute atomic E-state index is 0.000557. The highest BCUT2D eigenvalue weighted by Gasteiger charge is 2.25. The fraction of sp³-hybridized carbons (Fsp3) is 0.174. The minimum atomic E-state index is -0.000557. The molecule has 0 aliphatic heterocycles. The lowest BCUT2D eigenvalue weighted by molar-refractivity contribution is 0.590. The maximum atomic E-state index is 10.4. The molecule has 0 aliphatic carbocycles. The SMILES string of the molecule is CC(C)(C)c1ccc2c(c1)c1cc(C(C)(C)C)ccc1n2-c1cc(-c2ccccc2)c(-c2c(C#N)cccc2C#N)c(-c2ccccc2)c1. The van der Waals surface area contributed by atoms with Gasteiger partial charge in [-0.05, 0) is 92.7 Å². The van der Waals surface area contributed by atoms with Crippen LogP contribution in [0, 0.1) is 22.7 Å². The molecule has 1 heterocycles. The van der Waals surface area contributed by atoms with Crippen LogP contribution >= 0.6 is 0 Å². The molecule has 0 spiro atoms. The topological polar surface area (TPSA) is 52.5 Å². The molecule has 0 saturated heterocycles. The van der Waals surface area contributed by atoms with Crippen LogP contribution in [0.2, 0.25) is 0 Å². The summed E-state index contributed by atoms with van der Waals surface area (Å²) in [5.41, 5.74) is 12.3. The van der Waals surface area contributed by atoms with Gasteiger partial charge in [0.15, 0.2) is 0 Å². The standard InChI is InChI=1S/C46H39N3/c1-45(2,3)34-20-22-41-39(24-34)40-25-35(46(4,5)6)21-23-42(40)49(41)36-26-37(30-14-9-7-10-15-30)44(38(27-36)31-16-11-8-12-17-31)43-32(28-47)18-13-19-33(43)29-48/h7-27H,1-6H3. The van der Waals surface area contributed by atoms with Gasteiger partial charge in [0.05, 0.1) is 34.3 Å². The number of nitriles is 2. The highest BCUT2D eigenvalue weighted by molar-refractivity contribution is 6.10. The van der Waals surface area contributed by atoms with Crippen LogP contribution in [0.1, 0.15) is 63.8 Å². The predicted molar refractivity (Wildman–Crippen MR) is 204 cm³/mol. The van der Waals surface area contributed by atoms with Crippen molar-refractivity contribution in [3.05, 3.63) is 150 Å². The van der Waals surface area contributed by atoms with Crippen molar-refractivity contribution < 1.29 is 0 Å². The van der Waals surface area contributed by atoms with Crippen LogP contribution in [-0.2, 0) is 10.8 Å². The summed E-state index contributed by atoms with van der Waals surface area (Å²) in [5.74, 6) is 0. The van der Waals surface area contributed by atoms with Gasteiger partial charge in [0.25, 0.3) is 0 Å². The maximum Gasteiger partial charge on any atom is 0.0998 e. The van der Waals surface area contributed by atoms with Crippen molar-refractivity contribution in [1.82, 2.24) is 4.57 Å². The van der Waals surface area contributed by atoms with Gasteiger partial charge in [-0.15, -0.1) is 0 Å². The van der Waals surface area contributed by atoms with E-state index in [1.54, 1.807) is 18.2 Å². The molecule has 0 bridgehead atoms. The molecule has 238 valence electrons. The van der Waals surface area contributed by atoms with Crippen LogP contribution in [0.15, 0.2) is 127 Å². The quantitative estimate of drug-likeness (QED) is 0.194. The normalized spacial score (nSPS) is 11.8. The molecule has 0 saturated carbocycles. The number of fused-ring (bicyclic) bond motifs is 3. The van der Waals surface area contributed by atoms with Crippen molar-refractivity contribution in [2.75, 3.05) is 0 Å². The molecular weight excluding hydrogens is 595 g/mol. The van der Waals surface area contributed by atoms with E-state index >= 15 is 0 Å². The van der Waals surface area contributed by atoms with Crippen LogP contribution in [0.25, 0.3) is 60.9 Å². The first-order chi connectivity index (χ1) is 23.5. The number of hydrogen-bond acceptors (Lipinski definition) is 2. The van der Waals surface area contributed by atoms with Gasteiger partial charge in [0.2, 0.25) is 0 Å². The molecule has 7 rings (SSSR count). The summed E-state index contributed by atoms with van der Waals surface area (Å²) in [6, 6.07) is 49.1. The summed E-state index contributed by atoms with van der Waals surface area (Å²) in [6.07, 6.45) is 0. The van der Waals surface area contributed by atoms with Gasteiger partial charge in [-0.25, -0.2) is 0 Å². The molecule has 1 aromatic heterocycles. The van der Waals surface area contributed by atoms with Gasteiger partial charge >= 0.3 is 0 Å². The second kappa shape index (κ2) is 12.0. The van der Waals surface area contributed by atoms with E-state index in [4.69, 9.17) is 0 Å². The van der Waals surface area contributed by atoms with E-state index in [9.17, 15) is 10.5 Å². The zero-order valence-electron chi connectivity index (χ0n) is 29.0. The molecule has 0 amide bonds. The lowest BCUT2D eigenvalue weighted by Crippen LogP contribution is -2.10. The Bertz CT molecular complexity index is 2290. The van der Waals surface area contributed by atoms with Crippen molar-refractivity contribution in [2.45, 2.75) is 52.4 Å². The Morgan fingerprint density at radius 1 is 0.469 bits per heavy atom. The van der Waals surface area contributed by atoms with Crippen molar-refractivity contribution in [2.24, 2.45) is 0 Å². The average molecular weight is 634 g/mol. The Morgan fingerprint density at radius 2 is 0.898 bits per heavy atom. The van der Waals surface area contributed by atoms with E-state index in [1.165, 1.54) is 21.9 Å². The Kier molecular flexibility index (Phi) is 7.74. The summed E-state index contributed by atoms with van der Waals surface area (Å²) in [5, 5.41) is 23.2. The zero-order chi connectivity index (χ0) is 34.5. The van der Waals surface area contributed by atoms with Gasteiger partial charge in [0.1, 0.15) is 0 Å². The molecule has 0 unspecified atom stereocenters. The highest BCUT2D eigenvalue weighted by Crippen LogP contribution is 2.46. The molecule has 0 fully saturated rings. The summed E-state index contributed by atoms with van der Waals surface area (Å²) >= 11 is 0. The van der Waals surface area contributed by atoms with Gasteiger partial charge in [-0.1, -0.05) is 120 Å². The fourth-order valence-electron chi connectivity index (χ4n) is 6.96. The fourth-order valence-corrected chi connectivity index (χ4v) is 6.96. The molecule has 0 N–H and O–H groups in total. The van der Waals surface area contributed by atoms with Crippen molar-refractivity contribution >= 4 is 21.8 Å². The van der Waals surface area contributed by atoms with Crippen LogP contribution in [0.5, 0.6) is 0 Å². The van der Waals surface area contributed by atoms with Crippen molar-refractivity contribution in [3.63, 3.8) is 0 Å². The average Bonchev–Trinajstić information content (AvgIpc) is 3.44. The Hall–Kier alpha value is -5.90. The van der Waals surface area contributed by atoms with E-state index in [0.717, 1.165) is 44.5 Å². The molecule has 3 heteroatoms. The lowest BCUT2D eigenvalue weighted by Gasteiger charge is -2.22. The van der Waals surface area contributed by atoms with Gasteiger partial charge in [-0.2, -0.15) is 10.5 Å². The largest absolute Gasteiger partial charge is 0.309 e. The van der Waals surface area contributed by atoms with E-state index in [0.29, 0.717) is 16.7 Å². The van der Waals surface area contributed by atoms with Gasteiger partial charge in [-0.3, -0.25) is 0 Å². The third-order valence-corrected chi connectivity index (χ3v) is 9.60. The van der Waals surface area contributed by atoms with Gasteiger partial charge < -0.3 is 4.57 Å². The van der Waals surface area contributed by atoms with E-state index < -0.39 is 0 Å². The van der Waals surface area contributed by atoms with Gasteiger partial charge in [0, 0.05) is 27.6 Å². The van der Waals surface area contributed by atoms with Crippen LogP contribution < -0.4 is 0 Å². The summed E-state index contributed by atoms with van der Waals surface area (Å²) in [4.78, 5) is 0. The molecule has 7 aromatic rings. The minimum Gasteiger partial charge on any atom is -0.309 e. The number of hydrogen-bond donors (Lipinski definition) is 0. The third-order valence-electron chi connectivity index (χ3n) is 9.60. The Morgan fingerprint density at radius 3 is 1.29 bits per heavy atom. The van der Waals surface area contributed by atoms with E-state index in [2.05, 4.69) is 131 Å². The summed E-state index contributed by atoms with van der Waals surface area (Å²) in [6.45, 7) is 13.6. The predicted octanol–water partition coefficient (Wildman–Crippen LogP) is 12.1. The van der Waals surface area contributed by atoms with Crippen LogP contribution in [0.3, 0.4) is 0 Å². The first-order valence-electron chi connectivity index (χ1n) is 16.8. The molecule has 0 aliphatic rings. The Balaban J connectivity index is 1.67. The second-order valence-corrected chi connectivity index (χ2v) is 14.9. The van der Waals surface area contributed by atoms with E-state index in [1.807, 2.05) is 36.4 Å². The number of nitrogens with zero attached hydrogens (tertiary/aromatic N) is 3. The first kappa shape index (κ1) is 31.7. The monoisotopic (exact) mass is 633 g/mol. The molecule has 0 atom stereocenters. The first-order valence-corrected chi connectivity index (χ1v) is 16.8. The number of benzene rings is 6. The van der Waals surface area contributed by atoms with Crippen molar-refractivity contribution in [3.8, 4) is 51.2 Å². The highest BCUT2D eigenvalue weighted by atomic mass is 15.0. The lowest BCUT2D eigenvalue weighted by atomic mass is 9.83. The zero-order valence-corrected chi connectivity index (χ0v) is 29.0. The summed E-state index contributed by atoms with van der Waals surface area (Å²) in [7, 11) is 0. The molecule has 3 nitrogen and oxygen atoms in total. The van der Waals surface area contributed by atoms with Crippen LogP contribution in [0.4, 0.5) is 0 Å². The van der Waals surface area contributed by atoms with Crippen LogP contribution in [-0.4, -0.2) is 4.57 Å². The maximum absolute atomic E-state index is 10.4. The second-order valence-electron chi connectivity index (χ2n) is 14.9. The molecular formula is C46H39N3. The van der Waals surface area contributed by atoms with Crippen molar-refractivity contribution in [1.29, 1.82) is 10.5 Å². The summed E-state index contributed by atoms with van der Waals surface area (Å²) < 4.78 is 2.38.